The van der Waals surface area contributed by atoms with E-state index in [9.17, 15) is 19.5 Å². The molecule has 3 fully saturated rings. The Morgan fingerprint density at radius 2 is 1.90 bits per heavy atom. The van der Waals surface area contributed by atoms with Crippen LogP contribution in [0, 0.1) is 34.5 Å². The summed E-state index contributed by atoms with van der Waals surface area (Å²) >= 11 is 0. The fourth-order valence-electron chi connectivity index (χ4n) is 6.98. The van der Waals surface area contributed by atoms with Crippen molar-refractivity contribution in [3.63, 3.8) is 0 Å². The number of amides is 1. The highest BCUT2D eigenvalue weighted by Crippen LogP contribution is 2.69. The molecule has 6 heteroatoms. The van der Waals surface area contributed by atoms with Gasteiger partial charge in [0.25, 0.3) is 0 Å². The maximum absolute atomic E-state index is 16.6. The summed E-state index contributed by atoms with van der Waals surface area (Å²) in [6.45, 7) is 7.75. The lowest BCUT2D eigenvalue weighted by Crippen LogP contribution is -2.60. The summed E-state index contributed by atoms with van der Waals surface area (Å²) < 4.78 is 16.6. The SMILES string of the molecule is CCC(N)=O.C[C@@H]1CC2C3CCC4=CC(=O)C=C[C@]4(C)[C@@]3(F)CC[C@]2(C)[C@H]1C(=O)O. The molecule has 5 nitrogen and oxygen atoms in total. The number of aliphatic carboxylic acids is 1. The third-order valence-electron chi connectivity index (χ3n) is 8.62. The van der Waals surface area contributed by atoms with Crippen LogP contribution in [0.5, 0.6) is 0 Å². The number of carbonyl (C=O) groups is 3. The number of carboxylic acids is 1. The topological polar surface area (TPSA) is 97.5 Å². The zero-order valence-electron chi connectivity index (χ0n) is 18.4. The smallest absolute Gasteiger partial charge is 0.307 e. The van der Waals surface area contributed by atoms with Crippen LogP contribution in [0.15, 0.2) is 23.8 Å². The van der Waals surface area contributed by atoms with Crippen LogP contribution in [0.4, 0.5) is 4.39 Å². The van der Waals surface area contributed by atoms with Gasteiger partial charge >= 0.3 is 5.97 Å². The number of ketones is 1. The molecule has 2 unspecified atom stereocenters. The maximum Gasteiger partial charge on any atom is 0.307 e. The first-order chi connectivity index (χ1) is 13.9. The van der Waals surface area contributed by atoms with Gasteiger partial charge in [0.15, 0.2) is 5.78 Å². The number of primary amides is 1. The van der Waals surface area contributed by atoms with Gasteiger partial charge in [-0.25, -0.2) is 4.39 Å². The molecule has 0 aromatic heterocycles. The average molecular weight is 420 g/mol. The Bertz CT molecular complexity index is 820. The van der Waals surface area contributed by atoms with Crippen molar-refractivity contribution in [1.82, 2.24) is 0 Å². The molecule has 0 heterocycles. The molecule has 0 aromatic rings. The number of nitrogens with two attached hydrogens (primary N) is 1. The van der Waals surface area contributed by atoms with Crippen LogP contribution in [-0.2, 0) is 14.4 Å². The number of allylic oxidation sites excluding steroid dienone is 4. The Labute approximate surface area is 178 Å². The molecule has 0 spiro atoms. The molecule has 4 rings (SSSR count). The van der Waals surface area contributed by atoms with Gasteiger partial charge in [-0.15, -0.1) is 0 Å². The lowest BCUT2D eigenvalue weighted by molar-refractivity contribution is -0.157. The van der Waals surface area contributed by atoms with Crippen LogP contribution in [0.2, 0.25) is 0 Å². The third-order valence-corrected chi connectivity index (χ3v) is 8.62. The minimum absolute atomic E-state index is 0.0457. The Kier molecular flexibility index (Phi) is 5.76. The molecule has 166 valence electrons. The van der Waals surface area contributed by atoms with Crippen LogP contribution in [0.25, 0.3) is 0 Å². The van der Waals surface area contributed by atoms with Crippen molar-refractivity contribution in [3.05, 3.63) is 23.8 Å². The fraction of sp³-hybridized carbons (Fsp3) is 0.708. The molecule has 4 aliphatic rings. The lowest BCUT2D eigenvalue weighted by Gasteiger charge is -2.60. The number of carbonyl (C=O) groups excluding carboxylic acids is 2. The van der Waals surface area contributed by atoms with Crippen LogP contribution >= 0.6 is 0 Å². The van der Waals surface area contributed by atoms with E-state index >= 15 is 4.39 Å². The first-order valence-corrected chi connectivity index (χ1v) is 11.0. The predicted octanol–water partition coefficient (Wildman–Crippen LogP) is 4.21. The molecule has 3 N–H and O–H groups in total. The highest BCUT2D eigenvalue weighted by molar-refractivity contribution is 6.01. The minimum Gasteiger partial charge on any atom is -0.481 e. The quantitative estimate of drug-likeness (QED) is 0.700. The standard InChI is InChI=1S/C21H27FO3.C3H7NO/c1-12-10-16-15-5-4-13-11-14(23)6-7-20(13,3)21(15,22)9-8-19(16,2)17(12)18(24)25;1-2-3(4)5/h6-7,11-12,15-17H,4-5,8-10H2,1-3H3,(H,24,25);2H2,1H3,(H2,4,5)/t12-,15?,16?,17-,19+,20+,21-;/m1./s1. The molecular formula is C24H34FNO4. The largest absolute Gasteiger partial charge is 0.481 e. The second-order valence-electron chi connectivity index (χ2n) is 10.1. The number of rotatable bonds is 2. The Morgan fingerprint density at radius 1 is 1.27 bits per heavy atom. The van der Waals surface area contributed by atoms with E-state index < -0.39 is 17.1 Å². The molecule has 1 amide bonds. The summed E-state index contributed by atoms with van der Waals surface area (Å²) in [6.07, 6.45) is 8.61. The second-order valence-corrected chi connectivity index (χ2v) is 10.1. The zero-order chi connectivity index (χ0) is 22.5. The first-order valence-electron chi connectivity index (χ1n) is 11.0. The first kappa shape index (κ1) is 22.7. The molecule has 30 heavy (non-hydrogen) atoms. The number of halogens is 1. The molecule has 0 bridgehead atoms. The highest BCUT2D eigenvalue weighted by atomic mass is 19.1. The van der Waals surface area contributed by atoms with Crippen molar-refractivity contribution in [2.75, 3.05) is 0 Å². The summed E-state index contributed by atoms with van der Waals surface area (Å²) in [5.74, 6) is -1.33. The van der Waals surface area contributed by atoms with E-state index in [-0.39, 0.29) is 40.8 Å². The van der Waals surface area contributed by atoms with Gasteiger partial charge in [0.1, 0.15) is 5.67 Å². The number of hydrogen-bond acceptors (Lipinski definition) is 3. The Morgan fingerprint density at radius 3 is 2.47 bits per heavy atom. The molecule has 0 aliphatic heterocycles. The predicted molar refractivity (Wildman–Crippen MR) is 112 cm³/mol. The van der Waals surface area contributed by atoms with Gasteiger partial charge < -0.3 is 10.8 Å². The van der Waals surface area contributed by atoms with E-state index in [1.54, 1.807) is 19.1 Å². The molecule has 0 radical (unpaired) electrons. The van der Waals surface area contributed by atoms with Crippen molar-refractivity contribution in [2.45, 2.75) is 71.9 Å². The summed E-state index contributed by atoms with van der Waals surface area (Å²) in [5, 5.41) is 9.76. The van der Waals surface area contributed by atoms with Crippen molar-refractivity contribution in [3.8, 4) is 0 Å². The van der Waals surface area contributed by atoms with E-state index in [1.165, 1.54) is 6.08 Å². The summed E-state index contributed by atoms with van der Waals surface area (Å²) in [4.78, 5) is 33.2. The van der Waals surface area contributed by atoms with Crippen LogP contribution in [0.1, 0.15) is 66.2 Å². The van der Waals surface area contributed by atoms with Gasteiger partial charge in [-0.05, 0) is 74.3 Å². The second kappa shape index (κ2) is 7.61. The van der Waals surface area contributed by atoms with Crippen molar-refractivity contribution < 1.29 is 23.9 Å². The maximum atomic E-state index is 16.6. The fourth-order valence-corrected chi connectivity index (χ4v) is 6.98. The van der Waals surface area contributed by atoms with E-state index in [1.807, 2.05) is 13.8 Å². The summed E-state index contributed by atoms with van der Waals surface area (Å²) in [6, 6.07) is 0. The molecular weight excluding hydrogens is 385 g/mol. The van der Waals surface area contributed by atoms with Crippen LogP contribution < -0.4 is 5.73 Å². The number of fused-ring (bicyclic) bond motifs is 5. The van der Waals surface area contributed by atoms with Gasteiger partial charge in [-0.1, -0.05) is 32.4 Å². The van der Waals surface area contributed by atoms with Crippen LogP contribution in [0.3, 0.4) is 0 Å². The number of hydrogen-bond donors (Lipinski definition) is 2. The normalized spacial score (nSPS) is 44.0. The summed E-state index contributed by atoms with van der Waals surface area (Å²) in [5.41, 5.74) is 3.14. The molecule has 0 saturated heterocycles. The van der Waals surface area contributed by atoms with Gasteiger partial charge in [0, 0.05) is 11.8 Å². The van der Waals surface area contributed by atoms with E-state index in [0.29, 0.717) is 19.3 Å². The monoisotopic (exact) mass is 419 g/mol. The Balaban J connectivity index is 0.000000461. The lowest BCUT2D eigenvalue weighted by atomic mass is 9.46. The average Bonchev–Trinajstić information content (AvgIpc) is 2.94. The van der Waals surface area contributed by atoms with E-state index in [0.717, 1.165) is 24.8 Å². The van der Waals surface area contributed by atoms with Gasteiger partial charge in [0.05, 0.1) is 5.92 Å². The van der Waals surface area contributed by atoms with Gasteiger partial charge in [-0.2, -0.15) is 0 Å². The summed E-state index contributed by atoms with van der Waals surface area (Å²) in [7, 11) is 0. The molecule has 0 aromatic carbocycles. The molecule has 3 saturated carbocycles. The molecule has 4 aliphatic carbocycles. The van der Waals surface area contributed by atoms with Crippen LogP contribution in [-0.4, -0.2) is 28.4 Å². The number of carboxylic acid groups (broad SMARTS) is 1. The van der Waals surface area contributed by atoms with Crippen molar-refractivity contribution >= 4 is 17.7 Å². The van der Waals surface area contributed by atoms with E-state index in [4.69, 9.17) is 0 Å². The van der Waals surface area contributed by atoms with Gasteiger partial charge in [0.2, 0.25) is 5.91 Å². The minimum atomic E-state index is -1.38. The van der Waals surface area contributed by atoms with Crippen molar-refractivity contribution in [1.29, 1.82) is 0 Å². The highest BCUT2D eigenvalue weighted by Gasteiger charge is 2.68. The molecule has 7 atom stereocenters. The van der Waals surface area contributed by atoms with E-state index in [2.05, 4.69) is 12.7 Å². The van der Waals surface area contributed by atoms with Gasteiger partial charge in [-0.3, -0.25) is 14.4 Å². The number of alkyl halides is 1. The Hall–Kier alpha value is -1.98. The van der Waals surface area contributed by atoms with Crippen molar-refractivity contribution in [2.24, 2.45) is 40.2 Å². The third kappa shape index (κ3) is 3.23. The zero-order valence-corrected chi connectivity index (χ0v) is 18.4.